The van der Waals surface area contributed by atoms with Crippen LogP contribution in [0.2, 0.25) is 0 Å². The van der Waals surface area contributed by atoms with Crippen LogP contribution < -0.4 is 5.56 Å². The topological polar surface area (TPSA) is 100 Å². The van der Waals surface area contributed by atoms with Crippen LogP contribution in [0.5, 0.6) is 0 Å². The fraction of sp³-hybridized carbons (Fsp3) is 0.179. The Kier molecular flexibility index (Phi) is 5.76. The zero-order valence-electron chi connectivity index (χ0n) is 19.4. The highest BCUT2D eigenvalue weighted by atomic mass is 32.1. The van der Waals surface area contributed by atoms with Crippen molar-refractivity contribution >= 4 is 33.2 Å². The third kappa shape index (κ3) is 4.14. The number of aromatic amines is 1. The van der Waals surface area contributed by atoms with Crippen molar-refractivity contribution in [3.05, 3.63) is 98.8 Å². The Labute approximate surface area is 211 Å². The van der Waals surface area contributed by atoms with Crippen LogP contribution in [0.25, 0.3) is 33.1 Å². The fourth-order valence-electron chi connectivity index (χ4n) is 4.72. The summed E-state index contributed by atoms with van der Waals surface area (Å²) in [7, 11) is 0. The van der Waals surface area contributed by atoms with Crippen molar-refractivity contribution in [3.63, 3.8) is 0 Å². The maximum Gasteiger partial charge on any atom is 0.260 e. The molecule has 1 aliphatic rings. The number of thiophene rings is 1. The van der Waals surface area contributed by atoms with Crippen LogP contribution in [0.3, 0.4) is 0 Å². The van der Waals surface area contributed by atoms with Gasteiger partial charge in [-0.25, -0.2) is 4.98 Å². The van der Waals surface area contributed by atoms with Gasteiger partial charge in [-0.3, -0.25) is 14.5 Å². The number of hydrogen-bond acceptors (Lipinski definition) is 6. The summed E-state index contributed by atoms with van der Waals surface area (Å²) in [4.78, 5) is 26.8. The number of hydrogen-bond donors (Lipinski definition) is 1. The molecule has 0 bridgehead atoms. The third-order valence-electron chi connectivity index (χ3n) is 6.41. The Morgan fingerprint density at radius 2 is 2.03 bits per heavy atom. The summed E-state index contributed by atoms with van der Waals surface area (Å²) in [6.07, 6.45) is 11.2. The van der Waals surface area contributed by atoms with Gasteiger partial charge in [-0.05, 0) is 55.0 Å². The predicted molar refractivity (Wildman–Crippen MR) is 141 cm³/mol. The quantitative estimate of drug-likeness (QED) is 0.340. The van der Waals surface area contributed by atoms with Crippen LogP contribution >= 0.6 is 11.3 Å². The molecule has 0 saturated heterocycles. The molecule has 8 heteroatoms. The summed E-state index contributed by atoms with van der Waals surface area (Å²) in [5.41, 5.74) is 4.66. The molecule has 0 spiro atoms. The average molecular weight is 491 g/mol. The molecule has 0 amide bonds. The number of nitrogens with one attached hydrogen (secondary N) is 1. The van der Waals surface area contributed by atoms with Gasteiger partial charge in [-0.15, -0.1) is 11.3 Å². The van der Waals surface area contributed by atoms with Crippen LogP contribution in [-0.4, -0.2) is 24.7 Å². The molecule has 4 aromatic heterocycles. The highest BCUT2D eigenvalue weighted by molar-refractivity contribution is 7.18. The highest BCUT2D eigenvalue weighted by Gasteiger charge is 2.21. The smallest absolute Gasteiger partial charge is 0.260 e. The SMILES string of the molecule is N#C/C(=C\c1cn(Cc2ccccc2)nc1-c1cccnc1)c1nc2sc3c(c2c(=O)[nH]1)CCCC3. The summed E-state index contributed by atoms with van der Waals surface area (Å²) >= 11 is 1.58. The summed E-state index contributed by atoms with van der Waals surface area (Å²) < 4.78 is 1.85. The Morgan fingerprint density at radius 3 is 2.83 bits per heavy atom. The lowest BCUT2D eigenvalue weighted by atomic mass is 9.97. The number of allylic oxidation sites excluding steroid dienone is 1. The van der Waals surface area contributed by atoms with Gasteiger partial charge in [0.2, 0.25) is 0 Å². The number of fused-ring (bicyclic) bond motifs is 3. The van der Waals surface area contributed by atoms with Crippen molar-refractivity contribution < 1.29 is 0 Å². The van der Waals surface area contributed by atoms with E-state index in [-0.39, 0.29) is 17.0 Å². The first-order chi connectivity index (χ1) is 17.7. The molecule has 6 rings (SSSR count). The summed E-state index contributed by atoms with van der Waals surface area (Å²) in [5, 5.41) is 15.5. The maximum atomic E-state index is 13.1. The minimum Gasteiger partial charge on any atom is -0.305 e. The Hall–Kier alpha value is -4.35. The lowest BCUT2D eigenvalue weighted by molar-refractivity contribution is 0.689. The number of nitrogens with zero attached hydrogens (tertiary/aromatic N) is 5. The first-order valence-electron chi connectivity index (χ1n) is 11.9. The number of aryl methyl sites for hydroxylation is 2. The van der Waals surface area contributed by atoms with Gasteiger partial charge in [0.25, 0.3) is 5.56 Å². The summed E-state index contributed by atoms with van der Waals surface area (Å²) in [6.45, 7) is 0.589. The van der Waals surface area contributed by atoms with Crippen LogP contribution in [-0.2, 0) is 19.4 Å². The second kappa shape index (κ2) is 9.36. The van der Waals surface area contributed by atoms with Gasteiger partial charge in [0.05, 0.1) is 17.5 Å². The third-order valence-corrected chi connectivity index (χ3v) is 7.60. The van der Waals surface area contributed by atoms with Crippen molar-refractivity contribution in [1.82, 2.24) is 24.7 Å². The van der Waals surface area contributed by atoms with Gasteiger partial charge in [0, 0.05) is 34.6 Å². The van der Waals surface area contributed by atoms with Gasteiger partial charge < -0.3 is 4.98 Å². The molecule has 0 unspecified atom stereocenters. The number of H-pyrrole nitrogens is 1. The predicted octanol–water partition coefficient (Wildman–Crippen LogP) is 5.23. The Bertz CT molecular complexity index is 1690. The van der Waals surface area contributed by atoms with E-state index in [1.54, 1.807) is 29.8 Å². The molecule has 1 N–H and O–H groups in total. The Morgan fingerprint density at radius 1 is 1.17 bits per heavy atom. The minimum absolute atomic E-state index is 0.178. The second-order valence-corrected chi connectivity index (χ2v) is 9.92. The van der Waals surface area contributed by atoms with Crippen LogP contribution in [0.4, 0.5) is 0 Å². The first kappa shape index (κ1) is 22.1. The van der Waals surface area contributed by atoms with E-state index in [2.05, 4.69) is 16.0 Å². The van der Waals surface area contributed by atoms with E-state index >= 15 is 0 Å². The van der Waals surface area contributed by atoms with E-state index in [9.17, 15) is 10.1 Å². The van der Waals surface area contributed by atoms with E-state index in [0.29, 0.717) is 22.5 Å². The molecular formula is C28H22N6OS. The van der Waals surface area contributed by atoms with E-state index in [1.165, 1.54) is 4.88 Å². The normalized spacial score (nSPS) is 13.5. The second-order valence-electron chi connectivity index (χ2n) is 8.83. The minimum atomic E-state index is -0.178. The molecular weight excluding hydrogens is 468 g/mol. The van der Waals surface area contributed by atoms with Gasteiger partial charge in [-0.2, -0.15) is 10.4 Å². The zero-order chi connectivity index (χ0) is 24.5. The molecule has 36 heavy (non-hydrogen) atoms. The van der Waals surface area contributed by atoms with Crippen LogP contribution in [0, 0.1) is 11.3 Å². The van der Waals surface area contributed by atoms with Crippen molar-refractivity contribution in [2.75, 3.05) is 0 Å². The van der Waals surface area contributed by atoms with Gasteiger partial charge >= 0.3 is 0 Å². The molecule has 1 aliphatic carbocycles. The number of benzene rings is 1. The fourth-order valence-corrected chi connectivity index (χ4v) is 5.98. The van der Waals surface area contributed by atoms with Crippen molar-refractivity contribution in [2.45, 2.75) is 32.2 Å². The maximum absolute atomic E-state index is 13.1. The zero-order valence-corrected chi connectivity index (χ0v) is 20.3. The number of aromatic nitrogens is 5. The molecule has 7 nitrogen and oxygen atoms in total. The van der Waals surface area contributed by atoms with E-state index in [1.807, 2.05) is 53.3 Å². The summed E-state index contributed by atoms with van der Waals surface area (Å²) in [5.74, 6) is 0.279. The molecule has 0 aliphatic heterocycles. The molecule has 176 valence electrons. The van der Waals surface area contributed by atoms with Crippen molar-refractivity contribution in [3.8, 4) is 17.3 Å². The van der Waals surface area contributed by atoms with Gasteiger partial charge in [0.1, 0.15) is 16.6 Å². The number of rotatable bonds is 5. The number of nitriles is 1. The van der Waals surface area contributed by atoms with E-state index in [4.69, 9.17) is 10.1 Å². The highest BCUT2D eigenvalue weighted by Crippen LogP contribution is 2.34. The largest absolute Gasteiger partial charge is 0.305 e. The van der Waals surface area contributed by atoms with Gasteiger partial charge in [-0.1, -0.05) is 30.3 Å². The van der Waals surface area contributed by atoms with Gasteiger partial charge in [0.15, 0.2) is 5.82 Å². The standard InChI is InChI=1S/C28H22N6OS/c29-14-20(26-31-27(35)24-22-10-4-5-11-23(22)36-28(24)32-26)13-21-17-34(16-18-7-2-1-3-8-18)33-25(21)19-9-6-12-30-15-19/h1-3,6-9,12-13,15,17H,4-5,10-11,16H2,(H,31,32,35)/b20-13+. The monoisotopic (exact) mass is 490 g/mol. The molecule has 0 radical (unpaired) electrons. The molecule has 1 aromatic carbocycles. The molecule has 5 aromatic rings. The van der Waals surface area contributed by atoms with Crippen molar-refractivity contribution in [2.24, 2.45) is 0 Å². The van der Waals surface area contributed by atoms with Crippen LogP contribution in [0.15, 0.2) is 65.8 Å². The number of pyridine rings is 1. The summed E-state index contributed by atoms with van der Waals surface area (Å²) in [6, 6.07) is 16.1. The average Bonchev–Trinajstić information content (AvgIpc) is 3.49. The van der Waals surface area contributed by atoms with Crippen LogP contribution in [0.1, 0.15) is 40.2 Å². The van der Waals surface area contributed by atoms with Crippen molar-refractivity contribution in [1.29, 1.82) is 5.26 Å². The Balaban J connectivity index is 1.45. The van der Waals surface area contributed by atoms with E-state index in [0.717, 1.165) is 47.9 Å². The molecule has 4 heterocycles. The van der Waals surface area contributed by atoms with E-state index < -0.39 is 0 Å². The first-order valence-corrected chi connectivity index (χ1v) is 12.7. The molecule has 0 atom stereocenters. The molecule has 0 saturated carbocycles. The lowest BCUT2D eigenvalue weighted by Crippen LogP contribution is -2.12. The lowest BCUT2D eigenvalue weighted by Gasteiger charge is -2.09. The molecule has 0 fully saturated rings.